The minimum atomic E-state index is 0.210. The molecule has 1 aliphatic rings. The molecule has 0 aromatic heterocycles. The van der Waals surface area contributed by atoms with Crippen LogP contribution in [-0.4, -0.2) is 50.7 Å². The number of aliphatic hydroxyl groups is 1. The molecule has 1 aliphatic carbocycles. The first-order chi connectivity index (χ1) is 7.80. The normalized spacial score (nSPS) is 27.9. The zero-order valence-corrected chi connectivity index (χ0v) is 10.4. The molecule has 2 N–H and O–H groups in total. The zero-order chi connectivity index (χ0) is 11.8. The van der Waals surface area contributed by atoms with Gasteiger partial charge in [-0.25, -0.2) is 0 Å². The summed E-state index contributed by atoms with van der Waals surface area (Å²) in [6, 6.07) is 0.765. The number of rotatable bonds is 7. The van der Waals surface area contributed by atoms with Crippen molar-refractivity contribution in [2.24, 2.45) is 0 Å². The van der Waals surface area contributed by atoms with E-state index in [2.05, 4.69) is 5.32 Å². The van der Waals surface area contributed by atoms with Gasteiger partial charge in [-0.05, 0) is 32.1 Å². The SMILES string of the molecule is COCC(CCO)NC1CCCC(OC)C1. The van der Waals surface area contributed by atoms with Crippen molar-refractivity contribution in [3.05, 3.63) is 0 Å². The summed E-state index contributed by atoms with van der Waals surface area (Å²) in [6.07, 6.45) is 5.80. The Balaban J connectivity index is 2.31. The van der Waals surface area contributed by atoms with Crippen LogP contribution in [0.5, 0.6) is 0 Å². The maximum Gasteiger partial charge on any atom is 0.0616 e. The van der Waals surface area contributed by atoms with Gasteiger partial charge in [-0.15, -0.1) is 0 Å². The van der Waals surface area contributed by atoms with Gasteiger partial charge in [-0.3, -0.25) is 0 Å². The summed E-state index contributed by atoms with van der Waals surface area (Å²) in [5.41, 5.74) is 0. The number of nitrogens with one attached hydrogen (secondary N) is 1. The molecular weight excluding hydrogens is 206 g/mol. The van der Waals surface area contributed by atoms with Gasteiger partial charge in [-0.1, -0.05) is 0 Å². The molecule has 1 fully saturated rings. The number of hydrogen-bond donors (Lipinski definition) is 2. The quantitative estimate of drug-likeness (QED) is 0.684. The van der Waals surface area contributed by atoms with E-state index in [4.69, 9.17) is 14.6 Å². The molecule has 0 spiro atoms. The molecule has 0 amide bonds. The molecule has 0 aromatic carbocycles. The Labute approximate surface area is 98.3 Å². The lowest BCUT2D eigenvalue weighted by molar-refractivity contribution is 0.0521. The van der Waals surface area contributed by atoms with Gasteiger partial charge in [-0.2, -0.15) is 0 Å². The summed E-state index contributed by atoms with van der Waals surface area (Å²) in [6.45, 7) is 0.871. The van der Waals surface area contributed by atoms with E-state index in [1.807, 2.05) is 0 Å². The number of methoxy groups -OCH3 is 2. The van der Waals surface area contributed by atoms with Crippen LogP contribution in [0, 0.1) is 0 Å². The van der Waals surface area contributed by atoms with E-state index < -0.39 is 0 Å². The zero-order valence-electron chi connectivity index (χ0n) is 10.4. The third-order valence-corrected chi connectivity index (χ3v) is 3.28. The van der Waals surface area contributed by atoms with Crippen molar-refractivity contribution in [2.45, 2.75) is 50.3 Å². The molecule has 4 nitrogen and oxygen atoms in total. The highest BCUT2D eigenvalue weighted by Crippen LogP contribution is 2.21. The molecule has 16 heavy (non-hydrogen) atoms. The molecule has 1 saturated carbocycles. The number of aliphatic hydroxyl groups excluding tert-OH is 1. The Morgan fingerprint density at radius 1 is 1.38 bits per heavy atom. The highest BCUT2D eigenvalue weighted by molar-refractivity contribution is 4.81. The van der Waals surface area contributed by atoms with Gasteiger partial charge in [0.15, 0.2) is 0 Å². The molecule has 0 radical (unpaired) electrons. The fourth-order valence-corrected chi connectivity index (χ4v) is 2.42. The number of ether oxygens (including phenoxy) is 2. The van der Waals surface area contributed by atoms with E-state index in [9.17, 15) is 0 Å². The Kier molecular flexibility index (Phi) is 6.96. The van der Waals surface area contributed by atoms with Crippen LogP contribution in [0.4, 0.5) is 0 Å². The molecule has 0 aliphatic heterocycles. The fraction of sp³-hybridized carbons (Fsp3) is 1.00. The van der Waals surface area contributed by atoms with Crippen LogP contribution in [0.3, 0.4) is 0 Å². The second-order valence-electron chi connectivity index (χ2n) is 4.55. The molecule has 1 rings (SSSR count). The molecule has 0 aromatic rings. The lowest BCUT2D eigenvalue weighted by Crippen LogP contribution is -2.45. The van der Waals surface area contributed by atoms with Crippen molar-refractivity contribution in [2.75, 3.05) is 27.4 Å². The van der Waals surface area contributed by atoms with Gasteiger partial charge >= 0.3 is 0 Å². The monoisotopic (exact) mass is 231 g/mol. The van der Waals surface area contributed by atoms with Crippen LogP contribution in [-0.2, 0) is 9.47 Å². The summed E-state index contributed by atoms with van der Waals surface area (Å²) < 4.78 is 10.5. The van der Waals surface area contributed by atoms with Crippen molar-refractivity contribution in [3.63, 3.8) is 0 Å². The highest BCUT2D eigenvalue weighted by atomic mass is 16.5. The Hall–Kier alpha value is -0.160. The molecule has 0 heterocycles. The van der Waals surface area contributed by atoms with Gasteiger partial charge in [0.05, 0.1) is 12.7 Å². The number of hydrogen-bond acceptors (Lipinski definition) is 4. The van der Waals surface area contributed by atoms with E-state index >= 15 is 0 Å². The second kappa shape index (κ2) is 8.01. The van der Waals surface area contributed by atoms with Crippen molar-refractivity contribution in [1.82, 2.24) is 5.32 Å². The van der Waals surface area contributed by atoms with Crippen molar-refractivity contribution in [1.29, 1.82) is 0 Å². The van der Waals surface area contributed by atoms with E-state index in [-0.39, 0.29) is 12.6 Å². The van der Waals surface area contributed by atoms with Crippen LogP contribution in [0.25, 0.3) is 0 Å². The van der Waals surface area contributed by atoms with Gasteiger partial charge in [0.2, 0.25) is 0 Å². The molecule has 96 valence electrons. The van der Waals surface area contributed by atoms with Gasteiger partial charge in [0.1, 0.15) is 0 Å². The first-order valence-corrected chi connectivity index (χ1v) is 6.18. The fourth-order valence-electron chi connectivity index (χ4n) is 2.42. The topological polar surface area (TPSA) is 50.7 Å². The average molecular weight is 231 g/mol. The Bertz CT molecular complexity index is 172. The third kappa shape index (κ3) is 4.78. The molecule has 0 saturated heterocycles. The lowest BCUT2D eigenvalue weighted by Gasteiger charge is -2.32. The smallest absolute Gasteiger partial charge is 0.0616 e. The summed E-state index contributed by atoms with van der Waals surface area (Å²) >= 11 is 0. The standard InChI is InChI=1S/C12H25NO3/c1-15-9-11(6-7-14)13-10-4-3-5-12(8-10)16-2/h10-14H,3-9H2,1-2H3. The van der Waals surface area contributed by atoms with Crippen molar-refractivity contribution < 1.29 is 14.6 Å². The largest absolute Gasteiger partial charge is 0.396 e. The predicted octanol–water partition coefficient (Wildman–Crippen LogP) is 0.931. The summed E-state index contributed by atoms with van der Waals surface area (Å²) in [4.78, 5) is 0. The summed E-state index contributed by atoms with van der Waals surface area (Å²) in [7, 11) is 3.48. The van der Waals surface area contributed by atoms with E-state index in [1.54, 1.807) is 14.2 Å². The minimum Gasteiger partial charge on any atom is -0.396 e. The molecule has 3 unspecified atom stereocenters. The van der Waals surface area contributed by atoms with Crippen LogP contribution >= 0.6 is 0 Å². The van der Waals surface area contributed by atoms with Gasteiger partial charge in [0, 0.05) is 32.9 Å². The van der Waals surface area contributed by atoms with Crippen LogP contribution < -0.4 is 5.32 Å². The third-order valence-electron chi connectivity index (χ3n) is 3.28. The van der Waals surface area contributed by atoms with Crippen molar-refractivity contribution in [3.8, 4) is 0 Å². The highest BCUT2D eigenvalue weighted by Gasteiger charge is 2.23. The molecule has 4 heteroatoms. The maximum atomic E-state index is 8.97. The molecule has 0 bridgehead atoms. The van der Waals surface area contributed by atoms with E-state index in [0.29, 0.717) is 18.8 Å². The van der Waals surface area contributed by atoms with E-state index in [0.717, 1.165) is 12.8 Å². The van der Waals surface area contributed by atoms with E-state index in [1.165, 1.54) is 19.3 Å². The van der Waals surface area contributed by atoms with Crippen LogP contribution in [0.15, 0.2) is 0 Å². The summed E-state index contributed by atoms with van der Waals surface area (Å²) in [5, 5.41) is 12.5. The van der Waals surface area contributed by atoms with Crippen LogP contribution in [0.2, 0.25) is 0 Å². The van der Waals surface area contributed by atoms with Crippen molar-refractivity contribution >= 4 is 0 Å². The minimum absolute atomic E-state index is 0.210. The predicted molar refractivity (Wildman–Crippen MR) is 63.6 cm³/mol. The van der Waals surface area contributed by atoms with Gasteiger partial charge < -0.3 is 19.9 Å². The average Bonchev–Trinajstić information content (AvgIpc) is 2.30. The first kappa shape index (κ1) is 13.9. The first-order valence-electron chi connectivity index (χ1n) is 6.18. The Morgan fingerprint density at radius 2 is 2.19 bits per heavy atom. The van der Waals surface area contributed by atoms with Gasteiger partial charge in [0.25, 0.3) is 0 Å². The molecule has 3 atom stereocenters. The van der Waals surface area contributed by atoms with Crippen LogP contribution in [0.1, 0.15) is 32.1 Å². The second-order valence-corrected chi connectivity index (χ2v) is 4.55. The lowest BCUT2D eigenvalue weighted by atomic mass is 9.92. The Morgan fingerprint density at radius 3 is 2.81 bits per heavy atom. The molecular formula is C12H25NO3. The maximum absolute atomic E-state index is 8.97. The summed E-state index contributed by atoms with van der Waals surface area (Å²) in [5.74, 6) is 0.